The standard InChI is InChI=1S/C21H34N6O.HI/c1-5-22-20(24-16-21(3,4)26-12-14-28-15-13-26)23-10-11-27-17(2)25-18-8-6-7-9-19(18)27;/h6-9H,5,10-16H2,1-4H3,(H2,22,23,24);1H. The van der Waals surface area contributed by atoms with Crippen molar-refractivity contribution in [3.05, 3.63) is 30.1 Å². The molecule has 0 bridgehead atoms. The van der Waals surface area contributed by atoms with Gasteiger partial charge in [-0.05, 0) is 39.8 Å². The molecule has 0 atom stereocenters. The first kappa shape index (κ1) is 23.9. The number of benzene rings is 1. The summed E-state index contributed by atoms with van der Waals surface area (Å²) in [6, 6.07) is 8.28. The molecular weight excluding hydrogens is 479 g/mol. The lowest BCUT2D eigenvalue weighted by Gasteiger charge is -2.39. The molecule has 1 aliphatic heterocycles. The smallest absolute Gasteiger partial charge is 0.191 e. The lowest BCUT2D eigenvalue weighted by atomic mass is 10.0. The van der Waals surface area contributed by atoms with Crippen molar-refractivity contribution in [1.29, 1.82) is 0 Å². The van der Waals surface area contributed by atoms with Crippen molar-refractivity contribution in [3.63, 3.8) is 0 Å². The Balaban J connectivity index is 0.00000300. The number of aliphatic imine (C=N–C) groups is 1. The molecular formula is C21H35IN6O. The molecule has 7 nitrogen and oxygen atoms in total. The van der Waals surface area contributed by atoms with Gasteiger partial charge in [0.25, 0.3) is 0 Å². The zero-order valence-electron chi connectivity index (χ0n) is 18.1. The molecule has 0 unspecified atom stereocenters. The average Bonchev–Trinajstić information content (AvgIpc) is 3.02. The van der Waals surface area contributed by atoms with Crippen LogP contribution in [-0.2, 0) is 11.3 Å². The Morgan fingerprint density at radius 1 is 1.21 bits per heavy atom. The molecule has 8 heteroatoms. The highest BCUT2D eigenvalue weighted by Crippen LogP contribution is 2.17. The molecule has 0 amide bonds. The minimum Gasteiger partial charge on any atom is -0.379 e. The molecule has 29 heavy (non-hydrogen) atoms. The number of rotatable bonds is 7. The van der Waals surface area contributed by atoms with E-state index in [2.05, 4.69) is 71.0 Å². The predicted molar refractivity (Wildman–Crippen MR) is 130 cm³/mol. The number of para-hydroxylation sites is 2. The summed E-state index contributed by atoms with van der Waals surface area (Å²) in [5.41, 5.74) is 2.24. The minimum atomic E-state index is 0. The van der Waals surface area contributed by atoms with Crippen LogP contribution in [0.5, 0.6) is 0 Å². The van der Waals surface area contributed by atoms with E-state index in [-0.39, 0.29) is 29.5 Å². The molecule has 1 aromatic carbocycles. The van der Waals surface area contributed by atoms with Crippen molar-refractivity contribution in [2.75, 3.05) is 45.9 Å². The van der Waals surface area contributed by atoms with Crippen LogP contribution >= 0.6 is 24.0 Å². The van der Waals surface area contributed by atoms with Gasteiger partial charge in [-0.2, -0.15) is 0 Å². The van der Waals surface area contributed by atoms with Gasteiger partial charge >= 0.3 is 0 Å². The monoisotopic (exact) mass is 514 g/mol. The molecule has 2 heterocycles. The van der Waals surface area contributed by atoms with Crippen LogP contribution in [0.3, 0.4) is 0 Å². The number of nitrogens with one attached hydrogen (secondary N) is 2. The number of fused-ring (bicyclic) bond motifs is 1. The van der Waals surface area contributed by atoms with Gasteiger partial charge in [-0.25, -0.2) is 4.98 Å². The normalized spacial score (nSPS) is 15.9. The first-order valence-electron chi connectivity index (χ1n) is 10.3. The number of hydrogen-bond donors (Lipinski definition) is 2. The number of imidazole rings is 1. The van der Waals surface area contributed by atoms with E-state index in [1.807, 2.05) is 6.07 Å². The van der Waals surface area contributed by atoms with Crippen LogP contribution in [0.1, 0.15) is 26.6 Å². The Kier molecular flexibility index (Phi) is 9.16. The second-order valence-corrected chi connectivity index (χ2v) is 7.83. The van der Waals surface area contributed by atoms with E-state index in [1.54, 1.807) is 0 Å². The zero-order chi connectivity index (χ0) is 20.0. The molecule has 162 valence electrons. The van der Waals surface area contributed by atoms with Crippen LogP contribution in [0.25, 0.3) is 11.0 Å². The summed E-state index contributed by atoms with van der Waals surface area (Å²) in [6.07, 6.45) is 0. The summed E-state index contributed by atoms with van der Waals surface area (Å²) in [4.78, 5) is 12.0. The summed E-state index contributed by atoms with van der Waals surface area (Å²) in [6.45, 7) is 15.5. The van der Waals surface area contributed by atoms with Crippen molar-refractivity contribution in [3.8, 4) is 0 Å². The zero-order valence-corrected chi connectivity index (χ0v) is 20.4. The Morgan fingerprint density at radius 3 is 2.66 bits per heavy atom. The van der Waals surface area contributed by atoms with E-state index < -0.39 is 0 Å². The molecule has 2 N–H and O–H groups in total. The fourth-order valence-electron chi connectivity index (χ4n) is 3.65. The van der Waals surface area contributed by atoms with E-state index in [0.717, 1.165) is 69.8 Å². The Morgan fingerprint density at radius 2 is 1.93 bits per heavy atom. The van der Waals surface area contributed by atoms with Crippen molar-refractivity contribution < 1.29 is 4.74 Å². The highest BCUT2D eigenvalue weighted by molar-refractivity contribution is 14.0. The van der Waals surface area contributed by atoms with Crippen LogP contribution in [0, 0.1) is 6.92 Å². The number of ether oxygens (including phenoxy) is 1. The van der Waals surface area contributed by atoms with Gasteiger partial charge in [0.15, 0.2) is 5.96 Å². The summed E-state index contributed by atoms with van der Waals surface area (Å²) >= 11 is 0. The first-order chi connectivity index (χ1) is 13.5. The van der Waals surface area contributed by atoms with E-state index in [9.17, 15) is 0 Å². The molecule has 0 spiro atoms. The lowest BCUT2D eigenvalue weighted by Crippen LogP contribution is -2.52. The number of aromatic nitrogens is 2. The van der Waals surface area contributed by atoms with Crippen molar-refractivity contribution in [1.82, 2.24) is 25.1 Å². The summed E-state index contributed by atoms with van der Waals surface area (Å²) < 4.78 is 7.73. The molecule has 0 aliphatic carbocycles. The van der Waals surface area contributed by atoms with Crippen LogP contribution in [0.2, 0.25) is 0 Å². The largest absolute Gasteiger partial charge is 0.379 e. The topological polar surface area (TPSA) is 66.7 Å². The van der Waals surface area contributed by atoms with E-state index in [0.29, 0.717) is 0 Å². The second kappa shape index (κ2) is 11.1. The van der Waals surface area contributed by atoms with Gasteiger partial charge in [0, 0.05) is 38.3 Å². The van der Waals surface area contributed by atoms with E-state index >= 15 is 0 Å². The van der Waals surface area contributed by atoms with Crippen molar-refractivity contribution in [2.24, 2.45) is 4.99 Å². The Labute approximate surface area is 191 Å². The van der Waals surface area contributed by atoms with Gasteiger partial charge in [0.2, 0.25) is 0 Å². The highest BCUT2D eigenvalue weighted by atomic mass is 127. The van der Waals surface area contributed by atoms with Gasteiger partial charge < -0.3 is 19.9 Å². The van der Waals surface area contributed by atoms with Crippen LogP contribution in [0.4, 0.5) is 0 Å². The Bertz CT molecular complexity index is 798. The SMILES string of the molecule is CCNC(=NCC(C)(C)N1CCOCC1)NCCn1c(C)nc2ccccc21.I. The quantitative estimate of drug-likeness (QED) is 0.338. The third-order valence-electron chi connectivity index (χ3n) is 5.31. The van der Waals surface area contributed by atoms with Gasteiger partial charge in [-0.1, -0.05) is 12.1 Å². The summed E-state index contributed by atoms with van der Waals surface area (Å²) in [5.74, 6) is 1.91. The maximum atomic E-state index is 5.48. The first-order valence-corrected chi connectivity index (χ1v) is 10.3. The average molecular weight is 514 g/mol. The summed E-state index contributed by atoms with van der Waals surface area (Å²) in [5, 5.41) is 6.83. The third-order valence-corrected chi connectivity index (χ3v) is 5.31. The van der Waals surface area contributed by atoms with Gasteiger partial charge in [0.05, 0.1) is 30.8 Å². The van der Waals surface area contributed by atoms with Gasteiger partial charge in [0.1, 0.15) is 5.82 Å². The van der Waals surface area contributed by atoms with Crippen LogP contribution in [-0.4, -0.2) is 71.9 Å². The maximum Gasteiger partial charge on any atom is 0.191 e. The molecule has 1 saturated heterocycles. The number of morpholine rings is 1. The molecule has 0 saturated carbocycles. The minimum absolute atomic E-state index is 0. The molecule has 1 aliphatic rings. The van der Waals surface area contributed by atoms with E-state index in [4.69, 9.17) is 9.73 Å². The fraction of sp³-hybridized carbons (Fsp3) is 0.619. The molecule has 1 aromatic heterocycles. The van der Waals surface area contributed by atoms with Crippen molar-refractivity contribution in [2.45, 2.75) is 39.8 Å². The van der Waals surface area contributed by atoms with E-state index in [1.165, 1.54) is 5.52 Å². The summed E-state index contributed by atoms with van der Waals surface area (Å²) in [7, 11) is 0. The maximum absolute atomic E-state index is 5.48. The highest BCUT2D eigenvalue weighted by Gasteiger charge is 2.28. The van der Waals surface area contributed by atoms with Crippen LogP contribution < -0.4 is 10.6 Å². The molecule has 1 fully saturated rings. The molecule has 3 rings (SSSR count). The van der Waals surface area contributed by atoms with Gasteiger partial charge in [-0.15, -0.1) is 24.0 Å². The van der Waals surface area contributed by atoms with Crippen molar-refractivity contribution >= 4 is 41.0 Å². The number of guanidine groups is 1. The predicted octanol–water partition coefficient (Wildman–Crippen LogP) is 2.63. The lowest BCUT2D eigenvalue weighted by molar-refractivity contribution is -0.00683. The third kappa shape index (κ3) is 6.29. The molecule has 2 aromatic rings. The Hall–Kier alpha value is -1.39. The molecule has 0 radical (unpaired) electrons. The number of aryl methyl sites for hydroxylation is 1. The second-order valence-electron chi connectivity index (χ2n) is 7.83. The number of nitrogens with zero attached hydrogens (tertiary/aromatic N) is 4. The van der Waals surface area contributed by atoms with Crippen LogP contribution in [0.15, 0.2) is 29.3 Å². The van der Waals surface area contributed by atoms with Gasteiger partial charge in [-0.3, -0.25) is 9.89 Å². The number of hydrogen-bond acceptors (Lipinski definition) is 4. The number of halogens is 1. The fourth-order valence-corrected chi connectivity index (χ4v) is 3.65.